The summed E-state index contributed by atoms with van der Waals surface area (Å²) >= 11 is 0. The normalized spacial score (nSPS) is 11.1. The SMILES string of the molecule is CC(C)NCc1cccn1Cc1ccc(O)cc1. The largest absolute Gasteiger partial charge is 0.508 e. The van der Waals surface area contributed by atoms with Gasteiger partial charge in [-0.05, 0) is 29.8 Å². The van der Waals surface area contributed by atoms with E-state index in [-0.39, 0.29) is 0 Å². The van der Waals surface area contributed by atoms with Gasteiger partial charge in [0, 0.05) is 31.0 Å². The Morgan fingerprint density at radius 3 is 2.56 bits per heavy atom. The third kappa shape index (κ3) is 3.37. The van der Waals surface area contributed by atoms with Crippen molar-refractivity contribution < 1.29 is 5.11 Å². The predicted octanol–water partition coefficient (Wildman–Crippen LogP) is 2.74. The molecule has 0 spiro atoms. The zero-order valence-corrected chi connectivity index (χ0v) is 10.9. The van der Waals surface area contributed by atoms with Crippen LogP contribution in [0.25, 0.3) is 0 Å². The zero-order valence-electron chi connectivity index (χ0n) is 10.9. The summed E-state index contributed by atoms with van der Waals surface area (Å²) in [5, 5.41) is 12.7. The highest BCUT2D eigenvalue weighted by atomic mass is 16.3. The minimum Gasteiger partial charge on any atom is -0.508 e. The fourth-order valence-electron chi connectivity index (χ4n) is 1.87. The highest BCUT2D eigenvalue weighted by molar-refractivity contribution is 5.26. The van der Waals surface area contributed by atoms with Crippen LogP contribution >= 0.6 is 0 Å². The molecule has 0 fully saturated rings. The van der Waals surface area contributed by atoms with Gasteiger partial charge in [0.2, 0.25) is 0 Å². The molecule has 3 nitrogen and oxygen atoms in total. The van der Waals surface area contributed by atoms with Gasteiger partial charge in [0.1, 0.15) is 5.75 Å². The van der Waals surface area contributed by atoms with Crippen LogP contribution < -0.4 is 5.32 Å². The molecule has 0 aliphatic carbocycles. The highest BCUT2D eigenvalue weighted by Crippen LogP contribution is 2.12. The molecular formula is C15H20N2O. The number of aromatic nitrogens is 1. The first-order valence-corrected chi connectivity index (χ1v) is 6.30. The number of benzene rings is 1. The fourth-order valence-corrected chi connectivity index (χ4v) is 1.87. The number of aromatic hydroxyl groups is 1. The van der Waals surface area contributed by atoms with Crippen molar-refractivity contribution in [3.05, 3.63) is 53.9 Å². The van der Waals surface area contributed by atoms with Gasteiger partial charge >= 0.3 is 0 Å². The maximum Gasteiger partial charge on any atom is 0.115 e. The Morgan fingerprint density at radius 2 is 1.89 bits per heavy atom. The lowest BCUT2D eigenvalue weighted by molar-refractivity contribution is 0.475. The van der Waals surface area contributed by atoms with Gasteiger partial charge in [-0.3, -0.25) is 0 Å². The molecule has 1 heterocycles. The molecule has 3 heteroatoms. The van der Waals surface area contributed by atoms with Gasteiger partial charge < -0.3 is 15.0 Å². The maximum absolute atomic E-state index is 9.27. The third-order valence-corrected chi connectivity index (χ3v) is 2.90. The van der Waals surface area contributed by atoms with E-state index in [1.807, 2.05) is 12.1 Å². The molecule has 1 aromatic carbocycles. The van der Waals surface area contributed by atoms with E-state index in [0.29, 0.717) is 11.8 Å². The molecule has 2 rings (SSSR count). The first-order chi connectivity index (χ1) is 8.65. The average molecular weight is 244 g/mol. The fraction of sp³-hybridized carbons (Fsp3) is 0.333. The molecule has 0 saturated carbocycles. The smallest absolute Gasteiger partial charge is 0.115 e. The lowest BCUT2D eigenvalue weighted by Gasteiger charge is -2.12. The molecule has 0 radical (unpaired) electrons. The van der Waals surface area contributed by atoms with Crippen LogP contribution in [0.5, 0.6) is 5.75 Å². The minimum atomic E-state index is 0.313. The Bertz CT molecular complexity index is 485. The lowest BCUT2D eigenvalue weighted by Crippen LogP contribution is -2.23. The topological polar surface area (TPSA) is 37.2 Å². The maximum atomic E-state index is 9.27. The van der Waals surface area contributed by atoms with Crippen molar-refractivity contribution in [1.82, 2.24) is 9.88 Å². The molecule has 1 aromatic heterocycles. The molecule has 2 aromatic rings. The Hall–Kier alpha value is -1.74. The minimum absolute atomic E-state index is 0.313. The molecule has 2 N–H and O–H groups in total. The second-order valence-corrected chi connectivity index (χ2v) is 4.83. The predicted molar refractivity (Wildman–Crippen MR) is 73.6 cm³/mol. The van der Waals surface area contributed by atoms with E-state index in [2.05, 4.69) is 42.1 Å². The number of phenols is 1. The molecule has 0 aliphatic rings. The van der Waals surface area contributed by atoms with E-state index >= 15 is 0 Å². The van der Waals surface area contributed by atoms with Gasteiger partial charge in [0.25, 0.3) is 0 Å². The molecule has 0 aliphatic heterocycles. The summed E-state index contributed by atoms with van der Waals surface area (Å²) in [5.41, 5.74) is 2.46. The molecular weight excluding hydrogens is 224 g/mol. The number of hydrogen-bond donors (Lipinski definition) is 2. The summed E-state index contributed by atoms with van der Waals surface area (Å²) in [6.07, 6.45) is 2.09. The van der Waals surface area contributed by atoms with E-state index in [9.17, 15) is 5.11 Å². The van der Waals surface area contributed by atoms with Crippen molar-refractivity contribution in [3.8, 4) is 5.75 Å². The average Bonchev–Trinajstić information content (AvgIpc) is 2.77. The van der Waals surface area contributed by atoms with Crippen molar-refractivity contribution in [2.75, 3.05) is 0 Å². The van der Waals surface area contributed by atoms with Crippen molar-refractivity contribution in [2.24, 2.45) is 0 Å². The van der Waals surface area contributed by atoms with Crippen molar-refractivity contribution in [2.45, 2.75) is 33.0 Å². The van der Waals surface area contributed by atoms with Crippen LogP contribution in [0.2, 0.25) is 0 Å². The molecule has 0 saturated heterocycles. The summed E-state index contributed by atoms with van der Waals surface area (Å²) < 4.78 is 2.22. The quantitative estimate of drug-likeness (QED) is 0.848. The number of hydrogen-bond acceptors (Lipinski definition) is 2. The third-order valence-electron chi connectivity index (χ3n) is 2.90. The number of phenolic OH excluding ortho intramolecular Hbond substituents is 1. The van der Waals surface area contributed by atoms with Crippen LogP contribution in [0.4, 0.5) is 0 Å². The second-order valence-electron chi connectivity index (χ2n) is 4.83. The Balaban J connectivity index is 2.05. The molecule has 0 atom stereocenters. The first-order valence-electron chi connectivity index (χ1n) is 6.30. The van der Waals surface area contributed by atoms with Crippen LogP contribution in [0.1, 0.15) is 25.1 Å². The second kappa shape index (κ2) is 5.74. The zero-order chi connectivity index (χ0) is 13.0. The molecule has 0 bridgehead atoms. The number of rotatable bonds is 5. The number of nitrogens with one attached hydrogen (secondary N) is 1. The van der Waals surface area contributed by atoms with Gasteiger partial charge in [-0.15, -0.1) is 0 Å². The van der Waals surface area contributed by atoms with E-state index < -0.39 is 0 Å². The van der Waals surface area contributed by atoms with Crippen LogP contribution in [0.3, 0.4) is 0 Å². The van der Waals surface area contributed by atoms with Crippen LogP contribution in [0.15, 0.2) is 42.6 Å². The molecule has 0 unspecified atom stereocenters. The van der Waals surface area contributed by atoms with Crippen molar-refractivity contribution >= 4 is 0 Å². The lowest BCUT2D eigenvalue weighted by atomic mass is 10.2. The van der Waals surface area contributed by atoms with Gasteiger partial charge in [0.15, 0.2) is 0 Å². The molecule has 0 amide bonds. The van der Waals surface area contributed by atoms with Gasteiger partial charge in [-0.2, -0.15) is 0 Å². The molecule has 18 heavy (non-hydrogen) atoms. The van der Waals surface area contributed by atoms with E-state index in [4.69, 9.17) is 0 Å². The van der Waals surface area contributed by atoms with Crippen LogP contribution in [-0.4, -0.2) is 15.7 Å². The summed E-state index contributed by atoms with van der Waals surface area (Å²) in [5.74, 6) is 0.313. The first kappa shape index (κ1) is 12.7. The van der Waals surface area contributed by atoms with Gasteiger partial charge in [-0.25, -0.2) is 0 Å². The summed E-state index contributed by atoms with van der Waals surface area (Å²) in [4.78, 5) is 0. The number of nitrogens with zero attached hydrogens (tertiary/aromatic N) is 1. The van der Waals surface area contributed by atoms with Crippen LogP contribution in [-0.2, 0) is 13.1 Å². The van der Waals surface area contributed by atoms with E-state index in [0.717, 1.165) is 13.1 Å². The van der Waals surface area contributed by atoms with Gasteiger partial charge in [-0.1, -0.05) is 26.0 Å². The summed E-state index contributed by atoms with van der Waals surface area (Å²) in [6, 6.07) is 12.1. The van der Waals surface area contributed by atoms with E-state index in [1.165, 1.54) is 11.3 Å². The van der Waals surface area contributed by atoms with Crippen molar-refractivity contribution in [1.29, 1.82) is 0 Å². The Morgan fingerprint density at radius 1 is 1.17 bits per heavy atom. The standard InChI is InChI=1S/C15H20N2O/c1-12(2)16-10-14-4-3-9-17(14)11-13-5-7-15(18)8-6-13/h3-9,12,16,18H,10-11H2,1-2H3. The van der Waals surface area contributed by atoms with Crippen molar-refractivity contribution in [3.63, 3.8) is 0 Å². The van der Waals surface area contributed by atoms with Gasteiger partial charge in [0.05, 0.1) is 0 Å². The monoisotopic (exact) mass is 244 g/mol. The molecule has 96 valence electrons. The summed E-state index contributed by atoms with van der Waals surface area (Å²) in [6.45, 7) is 6.01. The summed E-state index contributed by atoms with van der Waals surface area (Å²) in [7, 11) is 0. The van der Waals surface area contributed by atoms with E-state index in [1.54, 1.807) is 12.1 Å². The van der Waals surface area contributed by atoms with Crippen LogP contribution in [0, 0.1) is 0 Å². The Labute approximate surface area is 108 Å². The Kier molecular flexibility index (Phi) is 4.05. The highest BCUT2D eigenvalue weighted by Gasteiger charge is 2.02.